The van der Waals surface area contributed by atoms with Gasteiger partial charge in [-0.3, -0.25) is 0 Å². The average Bonchev–Trinajstić information content (AvgIpc) is 2.77. The van der Waals surface area contributed by atoms with Crippen LogP contribution in [-0.4, -0.2) is 25.0 Å². The summed E-state index contributed by atoms with van der Waals surface area (Å²) in [5, 5.41) is 3.84. The molecular weight excluding hydrogens is 356 g/mol. The molecule has 4 nitrogen and oxygen atoms in total. The lowest BCUT2D eigenvalue weighted by atomic mass is 9.93. The molecule has 0 saturated carbocycles. The van der Waals surface area contributed by atoms with Gasteiger partial charge in [-0.2, -0.15) is 0 Å². The van der Waals surface area contributed by atoms with Gasteiger partial charge in [-0.05, 0) is 34.8 Å². The summed E-state index contributed by atoms with van der Waals surface area (Å²) in [6, 6.07) is 31.2. The first kappa shape index (κ1) is 20.4. The van der Waals surface area contributed by atoms with Crippen molar-refractivity contribution in [1.29, 1.82) is 0 Å². The summed E-state index contributed by atoms with van der Waals surface area (Å²) >= 11 is 0. The second-order valence-electron chi connectivity index (χ2n) is 7.15. The molecule has 0 N–H and O–H groups in total. The third-order valence-electron chi connectivity index (χ3n) is 4.88. The number of likely N-dealkylation sites (N-methyl/N-ethyl adjacent to an activating group) is 1. The van der Waals surface area contributed by atoms with Gasteiger partial charge in [0.25, 0.3) is 0 Å². The average molecular weight is 383 g/mol. The molecule has 146 valence electrons. The van der Waals surface area contributed by atoms with Gasteiger partial charge < -0.3 is 4.90 Å². The van der Waals surface area contributed by atoms with Gasteiger partial charge in [0.2, 0.25) is 0 Å². The lowest BCUT2D eigenvalue weighted by Crippen LogP contribution is -2.24. The molecule has 0 amide bonds. The molecule has 29 heavy (non-hydrogen) atoms. The van der Waals surface area contributed by atoms with Crippen LogP contribution in [0.2, 0.25) is 0 Å². The van der Waals surface area contributed by atoms with Gasteiger partial charge in [0.15, 0.2) is 0 Å². The zero-order valence-electron chi connectivity index (χ0n) is 16.7. The molecular formula is C25H26N4. The highest BCUT2D eigenvalue weighted by molar-refractivity contribution is 5.68. The molecule has 0 fully saturated rings. The van der Waals surface area contributed by atoms with Gasteiger partial charge in [-0.1, -0.05) is 102 Å². The number of hydrogen-bond acceptors (Lipinski definition) is 2. The minimum Gasteiger partial charge on any atom is -0.301 e. The van der Waals surface area contributed by atoms with E-state index >= 15 is 0 Å². The van der Waals surface area contributed by atoms with Crippen molar-refractivity contribution >= 4 is 5.57 Å². The molecule has 0 aliphatic rings. The Morgan fingerprint density at radius 1 is 0.931 bits per heavy atom. The fraction of sp³-hybridized carbons (Fsp3) is 0.200. The Hall–Kier alpha value is -3.33. The highest BCUT2D eigenvalue weighted by Gasteiger charge is 2.14. The first-order valence-corrected chi connectivity index (χ1v) is 9.80. The number of nitrogens with zero attached hydrogens (tertiary/aromatic N) is 4. The van der Waals surface area contributed by atoms with Crippen molar-refractivity contribution in [3.8, 4) is 0 Å². The lowest BCUT2D eigenvalue weighted by molar-refractivity contribution is 0.318. The minimum atomic E-state index is 0.189. The number of rotatable bonds is 9. The van der Waals surface area contributed by atoms with Crippen LogP contribution in [0.25, 0.3) is 16.0 Å². The van der Waals surface area contributed by atoms with Gasteiger partial charge in [-0.15, -0.1) is 0 Å². The van der Waals surface area contributed by atoms with E-state index in [1.165, 1.54) is 11.1 Å². The molecule has 0 saturated heterocycles. The standard InChI is InChI=1S/C25H26N4/c1-29(19-21-11-5-2-6-12-21)20-25(23-15-9-4-10-16-23)17-24(18-27-28-26)22-13-7-3-8-14-22/h2-17,25H,18-20H2,1H3/t25-/m0/s1. The largest absolute Gasteiger partial charge is 0.301 e. The van der Waals surface area contributed by atoms with Crippen LogP contribution in [0.4, 0.5) is 0 Å². The normalized spacial score (nSPS) is 12.4. The van der Waals surface area contributed by atoms with Crippen LogP contribution in [0, 0.1) is 0 Å². The highest BCUT2D eigenvalue weighted by atomic mass is 15.1. The van der Waals surface area contributed by atoms with Crippen LogP contribution in [0.15, 0.2) is 102 Å². The van der Waals surface area contributed by atoms with Crippen LogP contribution >= 0.6 is 0 Å². The van der Waals surface area contributed by atoms with Crippen molar-refractivity contribution in [3.05, 3.63) is 124 Å². The Morgan fingerprint density at radius 2 is 1.52 bits per heavy atom. The molecule has 0 spiro atoms. The summed E-state index contributed by atoms with van der Waals surface area (Å²) in [5.41, 5.74) is 13.5. The molecule has 0 aliphatic heterocycles. The van der Waals surface area contributed by atoms with Crippen LogP contribution in [0.3, 0.4) is 0 Å². The first-order chi connectivity index (χ1) is 14.3. The van der Waals surface area contributed by atoms with Crippen molar-refractivity contribution in [2.24, 2.45) is 5.11 Å². The summed E-state index contributed by atoms with van der Waals surface area (Å²) in [5.74, 6) is 0.189. The Balaban J connectivity index is 1.89. The van der Waals surface area contributed by atoms with Crippen molar-refractivity contribution in [2.75, 3.05) is 20.1 Å². The molecule has 0 heterocycles. The summed E-state index contributed by atoms with van der Waals surface area (Å²) < 4.78 is 0. The van der Waals surface area contributed by atoms with Crippen molar-refractivity contribution < 1.29 is 0 Å². The molecule has 0 bridgehead atoms. The fourth-order valence-corrected chi connectivity index (χ4v) is 3.49. The maximum Gasteiger partial charge on any atom is 0.0513 e. The Labute approximate surface area is 172 Å². The zero-order valence-corrected chi connectivity index (χ0v) is 16.7. The summed E-state index contributed by atoms with van der Waals surface area (Å²) in [7, 11) is 2.15. The van der Waals surface area contributed by atoms with Crippen LogP contribution in [-0.2, 0) is 6.54 Å². The molecule has 0 aromatic heterocycles. The van der Waals surface area contributed by atoms with Crippen molar-refractivity contribution in [3.63, 3.8) is 0 Å². The smallest absolute Gasteiger partial charge is 0.0513 e. The SMILES string of the molecule is CN(Cc1ccccc1)C[C@H](C=C(CN=[N+]=[N-])c1ccccc1)c1ccccc1. The van der Waals surface area contributed by atoms with Crippen LogP contribution < -0.4 is 0 Å². The second kappa shape index (κ2) is 10.9. The predicted molar refractivity (Wildman–Crippen MR) is 120 cm³/mol. The highest BCUT2D eigenvalue weighted by Crippen LogP contribution is 2.25. The predicted octanol–water partition coefficient (Wildman–Crippen LogP) is 6.30. The Bertz CT molecular complexity index is 946. The monoisotopic (exact) mass is 382 g/mol. The molecule has 1 atom stereocenters. The van der Waals surface area contributed by atoms with E-state index in [4.69, 9.17) is 5.53 Å². The number of azide groups is 1. The van der Waals surface area contributed by atoms with E-state index in [0.29, 0.717) is 6.54 Å². The van der Waals surface area contributed by atoms with E-state index in [9.17, 15) is 0 Å². The van der Waals surface area contributed by atoms with Gasteiger partial charge >= 0.3 is 0 Å². The van der Waals surface area contributed by atoms with Gasteiger partial charge in [0.05, 0.1) is 6.54 Å². The summed E-state index contributed by atoms with van der Waals surface area (Å²) in [6.45, 7) is 2.09. The molecule has 3 aromatic rings. The molecule has 0 unspecified atom stereocenters. The van der Waals surface area contributed by atoms with Crippen LogP contribution in [0.5, 0.6) is 0 Å². The molecule has 3 rings (SSSR count). The van der Waals surface area contributed by atoms with Crippen LogP contribution in [0.1, 0.15) is 22.6 Å². The maximum absolute atomic E-state index is 8.85. The quantitative estimate of drug-likeness (QED) is 0.243. The van der Waals surface area contributed by atoms with E-state index in [2.05, 4.69) is 88.7 Å². The topological polar surface area (TPSA) is 52.0 Å². The fourth-order valence-electron chi connectivity index (χ4n) is 3.49. The molecule has 0 aliphatic carbocycles. The third kappa shape index (κ3) is 6.35. The Morgan fingerprint density at radius 3 is 2.14 bits per heavy atom. The first-order valence-electron chi connectivity index (χ1n) is 9.80. The van der Waals surface area contributed by atoms with Gasteiger partial charge in [0, 0.05) is 23.9 Å². The second-order valence-corrected chi connectivity index (χ2v) is 7.15. The van der Waals surface area contributed by atoms with Gasteiger partial charge in [-0.25, -0.2) is 0 Å². The van der Waals surface area contributed by atoms with E-state index < -0.39 is 0 Å². The van der Waals surface area contributed by atoms with E-state index in [1.54, 1.807) is 0 Å². The Kier molecular flexibility index (Phi) is 7.64. The third-order valence-corrected chi connectivity index (χ3v) is 4.88. The van der Waals surface area contributed by atoms with E-state index in [1.807, 2.05) is 30.3 Å². The van der Waals surface area contributed by atoms with Crippen molar-refractivity contribution in [1.82, 2.24) is 4.90 Å². The van der Waals surface area contributed by atoms with Crippen molar-refractivity contribution in [2.45, 2.75) is 12.5 Å². The minimum absolute atomic E-state index is 0.189. The summed E-state index contributed by atoms with van der Waals surface area (Å²) in [6.07, 6.45) is 2.25. The number of hydrogen-bond donors (Lipinski definition) is 0. The van der Waals surface area contributed by atoms with E-state index in [0.717, 1.165) is 24.2 Å². The maximum atomic E-state index is 8.85. The summed E-state index contributed by atoms with van der Waals surface area (Å²) in [4.78, 5) is 5.30. The number of benzene rings is 3. The molecule has 3 aromatic carbocycles. The zero-order chi connectivity index (χ0) is 20.3. The van der Waals surface area contributed by atoms with E-state index in [-0.39, 0.29) is 5.92 Å². The lowest BCUT2D eigenvalue weighted by Gasteiger charge is -2.23. The molecule has 4 heteroatoms. The molecule has 0 radical (unpaired) electrons. The van der Waals surface area contributed by atoms with Gasteiger partial charge in [0.1, 0.15) is 0 Å².